The van der Waals surface area contributed by atoms with Crippen LogP contribution in [0.15, 0.2) is 18.2 Å². The number of fused-ring (bicyclic) bond motifs is 1. The van der Waals surface area contributed by atoms with Crippen molar-refractivity contribution in [3.05, 3.63) is 29.3 Å². The molecule has 1 aliphatic rings. The van der Waals surface area contributed by atoms with Crippen molar-refractivity contribution in [3.63, 3.8) is 0 Å². The first-order valence-corrected chi connectivity index (χ1v) is 8.57. The molecule has 0 N–H and O–H groups in total. The van der Waals surface area contributed by atoms with Gasteiger partial charge in [0.25, 0.3) is 0 Å². The lowest BCUT2D eigenvalue weighted by Crippen LogP contribution is -2.39. The summed E-state index contributed by atoms with van der Waals surface area (Å²) in [6.45, 7) is 7.07. The molecule has 0 radical (unpaired) electrons. The number of halogens is 1. The third-order valence-corrected chi connectivity index (χ3v) is 4.53. The molecule has 1 aromatic carbocycles. The molecule has 0 saturated carbocycles. The molecule has 0 spiro atoms. The van der Waals surface area contributed by atoms with Crippen molar-refractivity contribution >= 4 is 23.2 Å². The molecule has 0 aliphatic carbocycles. The Kier molecular flexibility index (Phi) is 5.69. The van der Waals surface area contributed by atoms with E-state index in [9.17, 15) is 4.79 Å². The Balaban J connectivity index is 2.25. The van der Waals surface area contributed by atoms with Gasteiger partial charge in [-0.2, -0.15) is 0 Å². The minimum absolute atomic E-state index is 0.147. The van der Waals surface area contributed by atoms with Gasteiger partial charge >= 0.3 is 0 Å². The maximum atomic E-state index is 12.7. The molecular weight excluding hydrogens is 282 g/mol. The summed E-state index contributed by atoms with van der Waals surface area (Å²) in [5.74, 6) is 0.443. The third kappa shape index (κ3) is 3.79. The highest BCUT2D eigenvalue weighted by atomic mass is 35.5. The second-order valence-corrected chi connectivity index (χ2v) is 6.80. The van der Waals surface area contributed by atoms with Gasteiger partial charge in [-0.25, -0.2) is 0 Å². The van der Waals surface area contributed by atoms with Crippen LogP contribution in [0.2, 0.25) is 0 Å². The predicted molar refractivity (Wildman–Crippen MR) is 90.2 cm³/mol. The van der Waals surface area contributed by atoms with Gasteiger partial charge in [0.05, 0.1) is 0 Å². The second-order valence-electron chi connectivity index (χ2n) is 6.05. The highest BCUT2D eigenvalue weighted by Crippen LogP contribution is 2.30. The van der Waals surface area contributed by atoms with Crippen LogP contribution in [0.1, 0.15) is 51.2 Å². The fraction of sp³-hybridized carbons (Fsp3) is 0.611. The SMILES string of the molecule is CCC(CC)C(=O)N1CCCc2cc(CC(C)Cl)ccc21. The minimum atomic E-state index is 0.147. The molecular formula is C18H26ClNO. The van der Waals surface area contributed by atoms with E-state index in [-0.39, 0.29) is 11.3 Å². The van der Waals surface area contributed by atoms with Crippen LogP contribution in [0.5, 0.6) is 0 Å². The van der Waals surface area contributed by atoms with Crippen LogP contribution in [-0.4, -0.2) is 17.8 Å². The van der Waals surface area contributed by atoms with E-state index in [1.54, 1.807) is 0 Å². The Bertz CT molecular complexity index is 494. The van der Waals surface area contributed by atoms with E-state index in [0.717, 1.165) is 44.3 Å². The Morgan fingerprint density at radius 1 is 1.33 bits per heavy atom. The number of carbonyl (C=O) groups excluding carboxylic acids is 1. The zero-order valence-electron chi connectivity index (χ0n) is 13.4. The lowest BCUT2D eigenvalue weighted by atomic mass is 9.95. The topological polar surface area (TPSA) is 20.3 Å². The Morgan fingerprint density at radius 2 is 2.05 bits per heavy atom. The number of benzene rings is 1. The Morgan fingerprint density at radius 3 is 2.67 bits per heavy atom. The maximum Gasteiger partial charge on any atom is 0.230 e. The van der Waals surface area contributed by atoms with Gasteiger partial charge in [0.2, 0.25) is 5.91 Å². The highest BCUT2D eigenvalue weighted by molar-refractivity contribution is 6.20. The van der Waals surface area contributed by atoms with Crippen LogP contribution >= 0.6 is 11.6 Å². The molecule has 0 aromatic heterocycles. The van der Waals surface area contributed by atoms with Gasteiger partial charge < -0.3 is 4.90 Å². The number of hydrogen-bond acceptors (Lipinski definition) is 1. The number of hydrogen-bond donors (Lipinski definition) is 0. The number of nitrogens with zero attached hydrogens (tertiary/aromatic N) is 1. The molecule has 2 nitrogen and oxygen atoms in total. The highest BCUT2D eigenvalue weighted by Gasteiger charge is 2.26. The van der Waals surface area contributed by atoms with E-state index < -0.39 is 0 Å². The number of carbonyl (C=O) groups is 1. The molecule has 0 bridgehead atoms. The van der Waals surface area contributed by atoms with E-state index in [0.29, 0.717) is 5.91 Å². The molecule has 3 heteroatoms. The molecule has 21 heavy (non-hydrogen) atoms. The average molecular weight is 308 g/mol. The monoisotopic (exact) mass is 307 g/mol. The van der Waals surface area contributed by atoms with Gasteiger partial charge in [-0.15, -0.1) is 11.6 Å². The molecule has 1 aromatic rings. The van der Waals surface area contributed by atoms with Crippen molar-refractivity contribution in [2.24, 2.45) is 5.92 Å². The summed E-state index contributed by atoms with van der Waals surface area (Å²) in [6, 6.07) is 6.47. The molecule has 1 amide bonds. The lowest BCUT2D eigenvalue weighted by molar-refractivity contribution is -0.122. The number of rotatable bonds is 5. The van der Waals surface area contributed by atoms with Gasteiger partial charge in [-0.3, -0.25) is 4.79 Å². The predicted octanol–water partition coefficient (Wildman–Crippen LogP) is 4.57. The minimum Gasteiger partial charge on any atom is -0.312 e. The van der Waals surface area contributed by atoms with Crippen molar-refractivity contribution in [2.75, 3.05) is 11.4 Å². The van der Waals surface area contributed by atoms with E-state index in [1.807, 2.05) is 11.8 Å². The molecule has 1 aliphatic heterocycles. The van der Waals surface area contributed by atoms with Crippen LogP contribution in [0, 0.1) is 5.92 Å². The average Bonchev–Trinajstić information content (AvgIpc) is 2.46. The van der Waals surface area contributed by atoms with Crippen LogP contribution in [-0.2, 0) is 17.6 Å². The van der Waals surface area contributed by atoms with Gasteiger partial charge in [-0.1, -0.05) is 26.0 Å². The summed E-state index contributed by atoms with van der Waals surface area (Å²) >= 11 is 6.09. The van der Waals surface area contributed by atoms with E-state index in [4.69, 9.17) is 11.6 Å². The Labute approximate surface area is 133 Å². The molecule has 0 saturated heterocycles. The maximum absolute atomic E-state index is 12.7. The first kappa shape index (κ1) is 16.4. The first-order valence-electron chi connectivity index (χ1n) is 8.14. The summed E-state index contributed by atoms with van der Waals surface area (Å²) < 4.78 is 0. The Hall–Kier alpha value is -1.02. The van der Waals surface area contributed by atoms with Crippen molar-refractivity contribution in [2.45, 2.75) is 58.3 Å². The smallest absolute Gasteiger partial charge is 0.230 e. The number of aryl methyl sites for hydroxylation is 1. The number of alkyl halides is 1. The number of anilines is 1. The van der Waals surface area contributed by atoms with Crippen molar-refractivity contribution in [1.29, 1.82) is 0 Å². The zero-order valence-corrected chi connectivity index (χ0v) is 14.1. The van der Waals surface area contributed by atoms with E-state index in [1.165, 1.54) is 11.1 Å². The summed E-state index contributed by atoms with van der Waals surface area (Å²) in [7, 11) is 0. The van der Waals surface area contributed by atoms with Crippen LogP contribution in [0.4, 0.5) is 5.69 Å². The fourth-order valence-electron chi connectivity index (χ4n) is 3.19. The van der Waals surface area contributed by atoms with Crippen molar-refractivity contribution < 1.29 is 4.79 Å². The third-order valence-electron chi connectivity index (χ3n) is 4.38. The number of amides is 1. The summed E-state index contributed by atoms with van der Waals surface area (Å²) in [6.07, 6.45) is 4.84. The van der Waals surface area contributed by atoms with E-state index in [2.05, 4.69) is 32.0 Å². The normalized spacial score (nSPS) is 16.0. The summed E-state index contributed by atoms with van der Waals surface area (Å²) in [4.78, 5) is 14.7. The molecule has 1 atom stereocenters. The van der Waals surface area contributed by atoms with Gasteiger partial charge in [0, 0.05) is 23.5 Å². The lowest BCUT2D eigenvalue weighted by Gasteiger charge is -2.32. The van der Waals surface area contributed by atoms with Crippen molar-refractivity contribution in [3.8, 4) is 0 Å². The first-order chi connectivity index (χ1) is 10.1. The second kappa shape index (κ2) is 7.31. The summed E-state index contributed by atoms with van der Waals surface area (Å²) in [5, 5.41) is 0.147. The molecule has 1 heterocycles. The standard InChI is InChI=1S/C18H26ClNO/c1-4-15(5-2)18(21)20-10-6-7-16-12-14(11-13(3)19)8-9-17(16)20/h8-9,12-13,15H,4-7,10-11H2,1-3H3. The van der Waals surface area contributed by atoms with Crippen LogP contribution in [0.3, 0.4) is 0 Å². The van der Waals surface area contributed by atoms with Gasteiger partial charge in [0.15, 0.2) is 0 Å². The quantitative estimate of drug-likeness (QED) is 0.730. The zero-order chi connectivity index (χ0) is 15.4. The largest absolute Gasteiger partial charge is 0.312 e. The van der Waals surface area contributed by atoms with Crippen LogP contribution in [0.25, 0.3) is 0 Å². The molecule has 0 fully saturated rings. The molecule has 1 unspecified atom stereocenters. The summed E-state index contributed by atoms with van der Waals surface area (Å²) in [5.41, 5.74) is 3.69. The van der Waals surface area contributed by atoms with Gasteiger partial charge in [0.1, 0.15) is 0 Å². The molecule has 2 rings (SSSR count). The molecule has 116 valence electrons. The fourth-order valence-corrected chi connectivity index (χ4v) is 3.37. The van der Waals surface area contributed by atoms with Gasteiger partial charge in [-0.05, 0) is 56.2 Å². The van der Waals surface area contributed by atoms with Crippen LogP contribution < -0.4 is 4.90 Å². The van der Waals surface area contributed by atoms with Crippen molar-refractivity contribution in [1.82, 2.24) is 0 Å². The van der Waals surface area contributed by atoms with E-state index >= 15 is 0 Å².